The van der Waals surface area contributed by atoms with Crippen molar-refractivity contribution >= 4 is 16.9 Å². The maximum atomic E-state index is 13.2. The highest BCUT2D eigenvalue weighted by molar-refractivity contribution is 5.83. The van der Waals surface area contributed by atoms with Crippen LogP contribution in [0, 0.1) is 6.92 Å². The fourth-order valence-corrected chi connectivity index (χ4v) is 3.14. The second kappa shape index (κ2) is 9.55. The smallest absolute Gasteiger partial charge is 0.258 e. The molecule has 164 valence electrons. The molecule has 1 unspecified atom stereocenters. The first-order chi connectivity index (χ1) is 14.9. The molecule has 31 heavy (non-hydrogen) atoms. The van der Waals surface area contributed by atoms with Gasteiger partial charge >= 0.3 is 0 Å². The molecule has 3 aromatic rings. The van der Waals surface area contributed by atoms with Crippen LogP contribution in [0.5, 0.6) is 17.2 Å². The second-order valence-corrected chi connectivity index (χ2v) is 7.32. The molecule has 1 heterocycles. The molecule has 0 fully saturated rings. The third-order valence-corrected chi connectivity index (χ3v) is 5.02. The Morgan fingerprint density at radius 3 is 2.52 bits per heavy atom. The summed E-state index contributed by atoms with van der Waals surface area (Å²) in [5.74, 6) is 0.910. The van der Waals surface area contributed by atoms with E-state index in [0.717, 1.165) is 12.0 Å². The van der Waals surface area contributed by atoms with E-state index in [9.17, 15) is 9.59 Å². The Kier molecular flexibility index (Phi) is 6.84. The van der Waals surface area contributed by atoms with Crippen molar-refractivity contribution in [3.8, 4) is 28.6 Å². The van der Waals surface area contributed by atoms with Gasteiger partial charge in [0, 0.05) is 11.6 Å². The molecule has 1 aromatic heterocycles. The molecule has 2 aromatic carbocycles. The maximum absolute atomic E-state index is 13.2. The number of benzene rings is 2. The van der Waals surface area contributed by atoms with Gasteiger partial charge in [-0.05, 0) is 56.2 Å². The summed E-state index contributed by atoms with van der Waals surface area (Å²) in [7, 11) is 3.07. The van der Waals surface area contributed by atoms with Crippen molar-refractivity contribution < 1.29 is 23.4 Å². The van der Waals surface area contributed by atoms with Crippen molar-refractivity contribution in [3.63, 3.8) is 0 Å². The predicted molar refractivity (Wildman–Crippen MR) is 119 cm³/mol. The summed E-state index contributed by atoms with van der Waals surface area (Å²) in [6.07, 6.45) is 0.792. The number of nitrogens with one attached hydrogen (secondary N) is 1. The van der Waals surface area contributed by atoms with Crippen molar-refractivity contribution in [1.29, 1.82) is 0 Å². The van der Waals surface area contributed by atoms with Crippen molar-refractivity contribution in [2.45, 2.75) is 33.2 Å². The van der Waals surface area contributed by atoms with Gasteiger partial charge in [0.2, 0.25) is 11.2 Å². The molecular formula is C24H27NO6. The molecule has 3 rings (SSSR count). The molecular weight excluding hydrogens is 398 g/mol. The number of hydrogen-bond donors (Lipinski definition) is 1. The predicted octanol–water partition coefficient (Wildman–Crippen LogP) is 4.08. The zero-order valence-corrected chi connectivity index (χ0v) is 18.4. The summed E-state index contributed by atoms with van der Waals surface area (Å²) < 4.78 is 22.5. The molecule has 0 saturated carbocycles. The molecule has 0 aliphatic carbocycles. The SMILES string of the molecule is CCC(C)NC(=O)COc1c(-c2ccc(OC)c(OC)c2)oc2cc(C)ccc2c1=O. The van der Waals surface area contributed by atoms with Crippen molar-refractivity contribution in [3.05, 3.63) is 52.2 Å². The van der Waals surface area contributed by atoms with Gasteiger partial charge in [-0.25, -0.2) is 0 Å². The van der Waals surface area contributed by atoms with E-state index in [-0.39, 0.29) is 35.5 Å². The highest BCUT2D eigenvalue weighted by Gasteiger charge is 2.20. The highest BCUT2D eigenvalue weighted by Crippen LogP contribution is 2.36. The fourth-order valence-electron chi connectivity index (χ4n) is 3.14. The molecule has 7 nitrogen and oxygen atoms in total. The number of methoxy groups -OCH3 is 2. The summed E-state index contributed by atoms with van der Waals surface area (Å²) in [4.78, 5) is 25.5. The fraction of sp³-hybridized carbons (Fsp3) is 0.333. The topological polar surface area (TPSA) is 87.0 Å². The minimum atomic E-state index is -0.345. The standard InChI is InChI=1S/C24H27NO6/c1-6-15(3)25-21(26)13-30-24-22(27)17-9-7-14(2)11-19(17)31-23(24)16-8-10-18(28-4)20(12-16)29-5/h7-12,15H,6,13H2,1-5H3,(H,25,26). The first kappa shape index (κ1) is 22.2. The zero-order valence-electron chi connectivity index (χ0n) is 18.4. The normalized spacial score (nSPS) is 11.8. The molecule has 0 spiro atoms. The Hall–Kier alpha value is -3.48. The Morgan fingerprint density at radius 2 is 1.84 bits per heavy atom. The van der Waals surface area contributed by atoms with E-state index in [0.29, 0.717) is 28.0 Å². The lowest BCUT2D eigenvalue weighted by molar-refractivity contribution is -0.123. The molecule has 1 amide bonds. The van der Waals surface area contributed by atoms with E-state index >= 15 is 0 Å². The lowest BCUT2D eigenvalue weighted by Gasteiger charge is -2.15. The summed E-state index contributed by atoms with van der Waals surface area (Å²) in [5.41, 5.74) is 1.61. The van der Waals surface area contributed by atoms with Gasteiger partial charge in [-0.15, -0.1) is 0 Å². The maximum Gasteiger partial charge on any atom is 0.258 e. The van der Waals surface area contributed by atoms with E-state index in [1.165, 1.54) is 7.11 Å². The van der Waals surface area contributed by atoms with Crippen LogP contribution in [0.3, 0.4) is 0 Å². The average Bonchev–Trinajstić information content (AvgIpc) is 2.77. The molecule has 0 bridgehead atoms. The number of amides is 1. The minimum Gasteiger partial charge on any atom is -0.493 e. The number of hydrogen-bond acceptors (Lipinski definition) is 6. The molecule has 0 aliphatic heterocycles. The Bertz CT molecular complexity index is 1150. The molecule has 7 heteroatoms. The quantitative estimate of drug-likeness (QED) is 0.585. The third kappa shape index (κ3) is 4.82. The highest BCUT2D eigenvalue weighted by atomic mass is 16.5. The molecule has 0 radical (unpaired) electrons. The number of carbonyl (C=O) groups is 1. The van der Waals surface area contributed by atoms with E-state index in [2.05, 4.69) is 5.32 Å². The van der Waals surface area contributed by atoms with Crippen LogP contribution in [0.15, 0.2) is 45.6 Å². The number of rotatable bonds is 8. The third-order valence-electron chi connectivity index (χ3n) is 5.02. The van der Waals surface area contributed by atoms with Crippen LogP contribution in [-0.4, -0.2) is 32.8 Å². The van der Waals surface area contributed by atoms with E-state index in [4.69, 9.17) is 18.6 Å². The first-order valence-electron chi connectivity index (χ1n) is 10.1. The number of carbonyl (C=O) groups excluding carboxylic acids is 1. The zero-order chi connectivity index (χ0) is 22.5. The second-order valence-electron chi connectivity index (χ2n) is 7.32. The van der Waals surface area contributed by atoms with Crippen LogP contribution in [0.1, 0.15) is 25.8 Å². The van der Waals surface area contributed by atoms with Gasteiger partial charge in [-0.1, -0.05) is 13.0 Å². The Morgan fingerprint density at radius 1 is 1.10 bits per heavy atom. The molecule has 1 atom stereocenters. The van der Waals surface area contributed by atoms with E-state index in [1.54, 1.807) is 37.4 Å². The minimum absolute atomic E-state index is 0.0115. The van der Waals surface area contributed by atoms with Gasteiger partial charge in [0.25, 0.3) is 5.91 Å². The summed E-state index contributed by atoms with van der Waals surface area (Å²) in [5, 5.41) is 3.20. The van der Waals surface area contributed by atoms with Crippen LogP contribution in [0.25, 0.3) is 22.3 Å². The van der Waals surface area contributed by atoms with Gasteiger partial charge in [-0.2, -0.15) is 0 Å². The van der Waals surface area contributed by atoms with E-state index < -0.39 is 0 Å². The Labute approximate surface area is 180 Å². The van der Waals surface area contributed by atoms with Crippen LogP contribution in [0.4, 0.5) is 0 Å². The van der Waals surface area contributed by atoms with Crippen LogP contribution >= 0.6 is 0 Å². The van der Waals surface area contributed by atoms with E-state index in [1.807, 2.05) is 26.8 Å². The number of aryl methyl sites for hydroxylation is 1. The summed E-state index contributed by atoms with van der Waals surface area (Å²) in [6.45, 7) is 5.49. The number of ether oxygens (including phenoxy) is 3. The van der Waals surface area contributed by atoms with Crippen LogP contribution in [0.2, 0.25) is 0 Å². The van der Waals surface area contributed by atoms with Crippen LogP contribution < -0.4 is 25.0 Å². The van der Waals surface area contributed by atoms with Crippen LogP contribution in [-0.2, 0) is 4.79 Å². The molecule has 1 N–H and O–H groups in total. The number of fused-ring (bicyclic) bond motifs is 1. The summed E-state index contributed by atoms with van der Waals surface area (Å²) >= 11 is 0. The van der Waals surface area contributed by atoms with Gasteiger partial charge in [0.15, 0.2) is 23.9 Å². The molecule has 0 aliphatic rings. The monoisotopic (exact) mass is 425 g/mol. The first-order valence-corrected chi connectivity index (χ1v) is 10.1. The largest absolute Gasteiger partial charge is 0.493 e. The van der Waals surface area contributed by atoms with Gasteiger partial charge in [0.1, 0.15) is 5.58 Å². The summed E-state index contributed by atoms with van der Waals surface area (Å²) in [6, 6.07) is 10.5. The Balaban J connectivity index is 2.11. The van der Waals surface area contributed by atoms with Crippen molar-refractivity contribution in [2.75, 3.05) is 20.8 Å². The lowest BCUT2D eigenvalue weighted by atomic mass is 10.1. The lowest BCUT2D eigenvalue weighted by Crippen LogP contribution is -2.36. The van der Waals surface area contributed by atoms with Gasteiger partial charge in [0.05, 0.1) is 19.6 Å². The van der Waals surface area contributed by atoms with Crippen molar-refractivity contribution in [2.24, 2.45) is 0 Å². The average molecular weight is 425 g/mol. The van der Waals surface area contributed by atoms with Crippen molar-refractivity contribution in [1.82, 2.24) is 5.32 Å². The van der Waals surface area contributed by atoms with Gasteiger partial charge in [-0.3, -0.25) is 9.59 Å². The van der Waals surface area contributed by atoms with Gasteiger partial charge < -0.3 is 23.9 Å². The molecule has 0 saturated heterocycles.